The van der Waals surface area contributed by atoms with Gasteiger partial charge in [-0.05, 0) is 38.1 Å². The van der Waals surface area contributed by atoms with Crippen LogP contribution in [0.5, 0.6) is 17.2 Å². The maximum atomic E-state index is 12.0. The van der Waals surface area contributed by atoms with E-state index in [1.165, 1.54) is 0 Å². The SMILES string of the molecule is CCOc1ccc(NC(=O)NC(=O)COC(=O)COc2ccccc2Cl)cc1OCC. The number of imide groups is 1. The normalized spacial score (nSPS) is 10.0. The van der Waals surface area contributed by atoms with Crippen molar-refractivity contribution in [2.45, 2.75) is 13.8 Å². The molecule has 3 amide bonds. The summed E-state index contributed by atoms with van der Waals surface area (Å²) in [6, 6.07) is 10.6. The second-order valence-electron chi connectivity index (χ2n) is 5.91. The number of hydrogen-bond acceptors (Lipinski definition) is 7. The van der Waals surface area contributed by atoms with E-state index in [9.17, 15) is 14.4 Å². The second kappa shape index (κ2) is 12.3. The molecular formula is C21H23ClN2O7. The molecule has 0 heterocycles. The highest BCUT2D eigenvalue weighted by Gasteiger charge is 2.13. The summed E-state index contributed by atoms with van der Waals surface area (Å²) in [5, 5.41) is 4.89. The number of para-hydroxylation sites is 1. The minimum Gasteiger partial charge on any atom is -0.490 e. The molecule has 0 radical (unpaired) electrons. The van der Waals surface area contributed by atoms with Gasteiger partial charge >= 0.3 is 12.0 Å². The van der Waals surface area contributed by atoms with Gasteiger partial charge in [-0.2, -0.15) is 0 Å². The number of benzene rings is 2. The summed E-state index contributed by atoms with van der Waals surface area (Å²) in [5.74, 6) is -0.284. The van der Waals surface area contributed by atoms with Gasteiger partial charge in [0.25, 0.3) is 5.91 Å². The summed E-state index contributed by atoms with van der Waals surface area (Å²) >= 11 is 5.91. The van der Waals surface area contributed by atoms with E-state index in [4.69, 9.17) is 30.5 Å². The average molecular weight is 451 g/mol. The standard InChI is InChI=1S/C21H23ClN2O7/c1-3-28-17-10-9-14(11-18(17)29-4-2)23-21(27)24-19(25)12-31-20(26)13-30-16-8-6-5-7-15(16)22/h5-11H,3-4,12-13H2,1-2H3,(H2,23,24,25,27). The molecule has 0 saturated heterocycles. The van der Waals surface area contributed by atoms with Crippen LogP contribution in [-0.2, 0) is 14.3 Å². The van der Waals surface area contributed by atoms with Gasteiger partial charge in [0, 0.05) is 11.8 Å². The van der Waals surface area contributed by atoms with Crippen LogP contribution in [0.2, 0.25) is 5.02 Å². The van der Waals surface area contributed by atoms with Crippen LogP contribution >= 0.6 is 11.6 Å². The lowest BCUT2D eigenvalue weighted by molar-refractivity contribution is -0.150. The minimum absolute atomic E-state index is 0.312. The number of esters is 1. The number of urea groups is 1. The molecule has 0 aromatic heterocycles. The van der Waals surface area contributed by atoms with Crippen molar-refractivity contribution in [1.29, 1.82) is 0 Å². The molecule has 0 fully saturated rings. The lowest BCUT2D eigenvalue weighted by Gasteiger charge is -2.13. The first-order valence-corrected chi connectivity index (χ1v) is 9.84. The molecule has 0 atom stereocenters. The van der Waals surface area contributed by atoms with Crippen LogP contribution in [0.15, 0.2) is 42.5 Å². The number of anilines is 1. The second-order valence-corrected chi connectivity index (χ2v) is 6.32. The fourth-order valence-corrected chi connectivity index (χ4v) is 2.53. The zero-order chi connectivity index (χ0) is 22.6. The highest BCUT2D eigenvalue weighted by Crippen LogP contribution is 2.30. The van der Waals surface area contributed by atoms with Gasteiger partial charge in [-0.1, -0.05) is 23.7 Å². The van der Waals surface area contributed by atoms with Crippen molar-refractivity contribution in [1.82, 2.24) is 5.32 Å². The fraction of sp³-hybridized carbons (Fsp3) is 0.286. The quantitative estimate of drug-likeness (QED) is 0.533. The van der Waals surface area contributed by atoms with Crippen molar-refractivity contribution in [3.63, 3.8) is 0 Å². The Labute approximate surface area is 184 Å². The number of ether oxygens (including phenoxy) is 4. The van der Waals surface area contributed by atoms with E-state index in [0.717, 1.165) is 0 Å². The molecule has 2 N–H and O–H groups in total. The number of carbonyl (C=O) groups excluding carboxylic acids is 3. The Hall–Kier alpha value is -3.46. The summed E-state index contributed by atoms with van der Waals surface area (Å²) < 4.78 is 20.9. The summed E-state index contributed by atoms with van der Waals surface area (Å²) in [4.78, 5) is 35.5. The summed E-state index contributed by atoms with van der Waals surface area (Å²) in [6.07, 6.45) is 0. The highest BCUT2D eigenvalue weighted by atomic mass is 35.5. The lowest BCUT2D eigenvalue weighted by atomic mass is 10.2. The number of amides is 3. The van der Waals surface area contributed by atoms with Crippen molar-refractivity contribution in [3.05, 3.63) is 47.5 Å². The van der Waals surface area contributed by atoms with Crippen LogP contribution in [0.25, 0.3) is 0 Å². The Morgan fingerprint density at radius 3 is 2.29 bits per heavy atom. The third-order valence-electron chi connectivity index (χ3n) is 3.60. The number of rotatable bonds is 10. The van der Waals surface area contributed by atoms with E-state index in [1.807, 2.05) is 13.8 Å². The zero-order valence-electron chi connectivity index (χ0n) is 17.1. The van der Waals surface area contributed by atoms with Gasteiger partial charge in [0.2, 0.25) is 0 Å². The van der Waals surface area contributed by atoms with Crippen molar-refractivity contribution < 1.29 is 33.3 Å². The summed E-state index contributed by atoms with van der Waals surface area (Å²) in [7, 11) is 0. The molecule has 10 heteroatoms. The molecule has 0 saturated carbocycles. The van der Waals surface area contributed by atoms with E-state index in [-0.39, 0.29) is 0 Å². The number of nitrogens with one attached hydrogen (secondary N) is 2. The van der Waals surface area contributed by atoms with Crippen LogP contribution in [0, 0.1) is 0 Å². The first-order valence-electron chi connectivity index (χ1n) is 9.46. The average Bonchev–Trinajstić information content (AvgIpc) is 2.74. The number of hydrogen-bond donors (Lipinski definition) is 2. The molecule has 2 aromatic carbocycles. The molecule has 0 unspecified atom stereocenters. The predicted octanol–water partition coefficient (Wildman–Crippen LogP) is 3.41. The molecular weight excluding hydrogens is 428 g/mol. The molecule has 0 aliphatic rings. The number of halogens is 1. The Morgan fingerprint density at radius 2 is 1.58 bits per heavy atom. The predicted molar refractivity (Wildman–Crippen MR) is 114 cm³/mol. The topological polar surface area (TPSA) is 112 Å². The smallest absolute Gasteiger partial charge is 0.344 e. The molecule has 31 heavy (non-hydrogen) atoms. The largest absolute Gasteiger partial charge is 0.490 e. The van der Waals surface area contributed by atoms with Crippen LogP contribution in [0.3, 0.4) is 0 Å². The van der Waals surface area contributed by atoms with Gasteiger partial charge in [-0.3, -0.25) is 10.1 Å². The zero-order valence-corrected chi connectivity index (χ0v) is 17.9. The summed E-state index contributed by atoms with van der Waals surface area (Å²) in [5.41, 5.74) is 0.391. The molecule has 0 aliphatic heterocycles. The minimum atomic E-state index is -0.806. The Bertz CT molecular complexity index is 920. The van der Waals surface area contributed by atoms with E-state index < -0.39 is 31.1 Å². The van der Waals surface area contributed by atoms with Crippen LogP contribution in [0.1, 0.15) is 13.8 Å². The molecule has 0 bridgehead atoms. The van der Waals surface area contributed by atoms with Gasteiger partial charge in [0.15, 0.2) is 24.7 Å². The van der Waals surface area contributed by atoms with E-state index in [2.05, 4.69) is 10.6 Å². The van der Waals surface area contributed by atoms with Crippen molar-refractivity contribution in [3.8, 4) is 17.2 Å². The van der Waals surface area contributed by atoms with Crippen molar-refractivity contribution in [2.75, 3.05) is 31.7 Å². The maximum absolute atomic E-state index is 12.0. The third kappa shape index (κ3) is 8.06. The van der Waals surface area contributed by atoms with Crippen molar-refractivity contribution >= 4 is 35.2 Å². The first kappa shape index (κ1) is 23.8. The van der Waals surface area contributed by atoms with Gasteiger partial charge < -0.3 is 24.3 Å². The molecule has 0 aliphatic carbocycles. The van der Waals surface area contributed by atoms with Gasteiger partial charge in [-0.25, -0.2) is 9.59 Å². The molecule has 2 aromatic rings. The molecule has 166 valence electrons. The Kier molecular flexibility index (Phi) is 9.44. The van der Waals surface area contributed by atoms with Crippen molar-refractivity contribution in [2.24, 2.45) is 0 Å². The Balaban J connectivity index is 1.78. The highest BCUT2D eigenvalue weighted by molar-refractivity contribution is 6.32. The van der Waals surface area contributed by atoms with Crippen LogP contribution < -0.4 is 24.8 Å². The first-order chi connectivity index (χ1) is 14.9. The molecule has 0 spiro atoms. The Morgan fingerprint density at radius 1 is 0.871 bits per heavy atom. The van der Waals surface area contributed by atoms with E-state index >= 15 is 0 Å². The fourth-order valence-electron chi connectivity index (χ4n) is 2.34. The molecule has 2 rings (SSSR count). The number of carbonyl (C=O) groups is 3. The van der Waals surface area contributed by atoms with Gasteiger partial charge in [0.1, 0.15) is 5.75 Å². The molecule has 9 nitrogen and oxygen atoms in total. The third-order valence-corrected chi connectivity index (χ3v) is 3.91. The summed E-state index contributed by atoms with van der Waals surface area (Å²) in [6.45, 7) is 3.46. The monoisotopic (exact) mass is 450 g/mol. The lowest BCUT2D eigenvalue weighted by Crippen LogP contribution is -2.37. The van der Waals surface area contributed by atoms with E-state index in [1.54, 1.807) is 42.5 Å². The van der Waals surface area contributed by atoms with Crippen LogP contribution in [-0.4, -0.2) is 44.3 Å². The van der Waals surface area contributed by atoms with Gasteiger partial charge in [0.05, 0.1) is 18.2 Å². The van der Waals surface area contributed by atoms with Gasteiger partial charge in [-0.15, -0.1) is 0 Å². The van der Waals surface area contributed by atoms with E-state index in [0.29, 0.717) is 41.2 Å². The van der Waals surface area contributed by atoms with Crippen LogP contribution in [0.4, 0.5) is 10.5 Å². The maximum Gasteiger partial charge on any atom is 0.344 e.